The van der Waals surface area contributed by atoms with Gasteiger partial charge in [0.2, 0.25) is 0 Å². The van der Waals surface area contributed by atoms with Gasteiger partial charge >= 0.3 is 0 Å². The Bertz CT molecular complexity index is 494. The second-order valence-electron chi connectivity index (χ2n) is 4.75. The molecule has 1 aliphatic rings. The lowest BCUT2D eigenvalue weighted by molar-refractivity contribution is 0.315. The Hall–Kier alpha value is -1.17. The minimum atomic E-state index is 0.660. The summed E-state index contributed by atoms with van der Waals surface area (Å²) in [6.45, 7) is 3.96. The minimum Gasteiger partial charge on any atom is -0.462 e. The zero-order valence-corrected chi connectivity index (χ0v) is 11.0. The summed E-state index contributed by atoms with van der Waals surface area (Å²) in [5.41, 5.74) is 6.83. The topological polar surface area (TPSA) is 55.3 Å². The average molecular weight is 263 g/mol. The lowest BCUT2D eigenvalue weighted by Crippen LogP contribution is -2.22. The first-order valence-corrected chi connectivity index (χ1v) is 7.14. The van der Waals surface area contributed by atoms with E-state index in [0.29, 0.717) is 5.92 Å². The Kier molecular flexibility index (Phi) is 3.45. The minimum absolute atomic E-state index is 0.660. The number of nitrogens with zero attached hydrogens (tertiary/aromatic N) is 2. The van der Waals surface area contributed by atoms with Gasteiger partial charge in [0.1, 0.15) is 0 Å². The van der Waals surface area contributed by atoms with E-state index in [-0.39, 0.29) is 0 Å². The van der Waals surface area contributed by atoms with E-state index in [4.69, 9.17) is 10.2 Å². The monoisotopic (exact) mass is 263 g/mol. The van der Waals surface area contributed by atoms with E-state index in [0.717, 1.165) is 42.6 Å². The Morgan fingerprint density at radius 1 is 1.56 bits per heavy atom. The SMILES string of the molecule is NCC1CCN(Cc2csc(-c3ccco3)n2)C1. The van der Waals surface area contributed by atoms with E-state index in [2.05, 4.69) is 15.3 Å². The predicted molar refractivity (Wildman–Crippen MR) is 72.3 cm³/mol. The number of hydrogen-bond acceptors (Lipinski definition) is 5. The molecule has 2 aromatic rings. The Morgan fingerprint density at radius 3 is 3.22 bits per heavy atom. The molecule has 1 atom stereocenters. The van der Waals surface area contributed by atoms with E-state index >= 15 is 0 Å². The van der Waals surface area contributed by atoms with Crippen LogP contribution in [-0.4, -0.2) is 29.5 Å². The molecule has 2 aromatic heterocycles. The van der Waals surface area contributed by atoms with Crippen molar-refractivity contribution >= 4 is 11.3 Å². The summed E-state index contributed by atoms with van der Waals surface area (Å²) in [7, 11) is 0. The lowest BCUT2D eigenvalue weighted by Gasteiger charge is -2.13. The largest absolute Gasteiger partial charge is 0.462 e. The molecule has 1 unspecified atom stereocenters. The summed E-state index contributed by atoms with van der Waals surface area (Å²) in [5, 5.41) is 3.08. The van der Waals surface area contributed by atoms with E-state index in [1.165, 1.54) is 6.42 Å². The Labute approximate surface area is 110 Å². The first-order chi connectivity index (χ1) is 8.85. The van der Waals surface area contributed by atoms with E-state index in [1.807, 2.05) is 12.1 Å². The standard InChI is InChI=1S/C13H17N3OS/c14-6-10-3-4-16(7-10)8-11-9-18-13(15-11)12-2-1-5-17-12/h1-2,5,9-10H,3-4,6-8,14H2. The van der Waals surface area contributed by atoms with Crippen molar-refractivity contribution < 1.29 is 4.42 Å². The third-order valence-corrected chi connectivity index (χ3v) is 4.28. The van der Waals surface area contributed by atoms with Crippen molar-refractivity contribution in [3.63, 3.8) is 0 Å². The number of hydrogen-bond donors (Lipinski definition) is 1. The summed E-state index contributed by atoms with van der Waals surface area (Å²) >= 11 is 1.64. The van der Waals surface area contributed by atoms with Crippen LogP contribution in [0.1, 0.15) is 12.1 Å². The third kappa shape index (κ3) is 2.48. The molecule has 4 nitrogen and oxygen atoms in total. The molecular formula is C13H17N3OS. The van der Waals surface area contributed by atoms with Crippen LogP contribution in [0.3, 0.4) is 0 Å². The summed E-state index contributed by atoms with van der Waals surface area (Å²) in [4.78, 5) is 7.05. The van der Waals surface area contributed by atoms with Crippen molar-refractivity contribution in [1.29, 1.82) is 0 Å². The van der Waals surface area contributed by atoms with Crippen LogP contribution < -0.4 is 5.73 Å². The fourth-order valence-corrected chi connectivity index (χ4v) is 3.15. The molecule has 96 valence electrons. The number of furan rings is 1. The van der Waals surface area contributed by atoms with Gasteiger partial charge in [-0.15, -0.1) is 11.3 Å². The first-order valence-electron chi connectivity index (χ1n) is 6.26. The molecule has 5 heteroatoms. The van der Waals surface area contributed by atoms with Crippen molar-refractivity contribution in [2.75, 3.05) is 19.6 Å². The maximum Gasteiger partial charge on any atom is 0.162 e. The van der Waals surface area contributed by atoms with Gasteiger partial charge in [0.15, 0.2) is 10.8 Å². The van der Waals surface area contributed by atoms with Gasteiger partial charge in [0.05, 0.1) is 12.0 Å². The van der Waals surface area contributed by atoms with Gasteiger partial charge in [0.25, 0.3) is 0 Å². The fourth-order valence-electron chi connectivity index (χ4n) is 2.37. The zero-order valence-electron chi connectivity index (χ0n) is 10.2. The molecule has 2 N–H and O–H groups in total. The Balaban J connectivity index is 1.64. The van der Waals surface area contributed by atoms with E-state index in [9.17, 15) is 0 Å². The van der Waals surface area contributed by atoms with Gasteiger partial charge < -0.3 is 10.2 Å². The number of thiazole rings is 1. The van der Waals surface area contributed by atoms with Gasteiger partial charge in [-0.25, -0.2) is 4.98 Å². The smallest absolute Gasteiger partial charge is 0.162 e. The van der Waals surface area contributed by atoms with Crippen molar-refractivity contribution in [2.24, 2.45) is 11.7 Å². The van der Waals surface area contributed by atoms with Gasteiger partial charge in [-0.2, -0.15) is 0 Å². The number of likely N-dealkylation sites (tertiary alicyclic amines) is 1. The van der Waals surface area contributed by atoms with Gasteiger partial charge in [0, 0.05) is 18.5 Å². The molecule has 0 saturated carbocycles. The van der Waals surface area contributed by atoms with Crippen LogP contribution in [0, 0.1) is 5.92 Å². The highest BCUT2D eigenvalue weighted by molar-refractivity contribution is 7.13. The molecule has 0 bridgehead atoms. The van der Waals surface area contributed by atoms with Gasteiger partial charge in [-0.3, -0.25) is 4.90 Å². The third-order valence-electron chi connectivity index (χ3n) is 3.37. The number of aromatic nitrogens is 1. The van der Waals surface area contributed by atoms with E-state index < -0.39 is 0 Å². The fraction of sp³-hybridized carbons (Fsp3) is 0.462. The maximum atomic E-state index is 5.71. The molecule has 1 fully saturated rings. The van der Waals surface area contributed by atoms with Gasteiger partial charge in [-0.1, -0.05) is 0 Å². The molecule has 0 aliphatic carbocycles. The Morgan fingerprint density at radius 2 is 2.50 bits per heavy atom. The van der Waals surface area contributed by atoms with Gasteiger partial charge in [-0.05, 0) is 37.6 Å². The highest BCUT2D eigenvalue weighted by Gasteiger charge is 2.21. The molecule has 0 amide bonds. The van der Waals surface area contributed by atoms with Crippen LogP contribution >= 0.6 is 11.3 Å². The summed E-state index contributed by atoms with van der Waals surface area (Å²) in [5.74, 6) is 1.51. The quantitative estimate of drug-likeness (QED) is 0.918. The molecule has 18 heavy (non-hydrogen) atoms. The summed E-state index contributed by atoms with van der Waals surface area (Å²) in [6.07, 6.45) is 2.90. The number of nitrogens with two attached hydrogens (primary N) is 1. The molecule has 1 aliphatic heterocycles. The lowest BCUT2D eigenvalue weighted by atomic mass is 10.1. The van der Waals surface area contributed by atoms with Crippen LogP contribution in [0.2, 0.25) is 0 Å². The number of rotatable bonds is 4. The molecule has 3 heterocycles. The van der Waals surface area contributed by atoms with Crippen molar-refractivity contribution in [1.82, 2.24) is 9.88 Å². The molecule has 3 rings (SSSR count). The zero-order chi connectivity index (χ0) is 12.4. The second-order valence-corrected chi connectivity index (χ2v) is 5.60. The molecule has 0 aromatic carbocycles. The van der Waals surface area contributed by atoms with Crippen molar-refractivity contribution in [3.05, 3.63) is 29.5 Å². The van der Waals surface area contributed by atoms with Crippen LogP contribution in [-0.2, 0) is 6.54 Å². The second kappa shape index (κ2) is 5.22. The van der Waals surface area contributed by atoms with Crippen LogP contribution in [0.4, 0.5) is 0 Å². The first kappa shape index (κ1) is 11.9. The summed E-state index contributed by atoms with van der Waals surface area (Å²) in [6, 6.07) is 3.84. The predicted octanol–water partition coefficient (Wildman–Crippen LogP) is 2.18. The maximum absolute atomic E-state index is 5.71. The highest BCUT2D eigenvalue weighted by Crippen LogP contribution is 2.25. The summed E-state index contributed by atoms with van der Waals surface area (Å²) < 4.78 is 5.36. The normalized spacial score (nSPS) is 20.6. The van der Waals surface area contributed by atoms with Crippen LogP contribution in [0.25, 0.3) is 10.8 Å². The molecular weight excluding hydrogens is 246 g/mol. The van der Waals surface area contributed by atoms with Crippen LogP contribution in [0.15, 0.2) is 28.2 Å². The van der Waals surface area contributed by atoms with Crippen LogP contribution in [0.5, 0.6) is 0 Å². The molecule has 0 spiro atoms. The average Bonchev–Trinajstić information content (AvgIpc) is 3.10. The molecule has 0 radical (unpaired) electrons. The van der Waals surface area contributed by atoms with Crippen molar-refractivity contribution in [2.45, 2.75) is 13.0 Å². The molecule has 1 saturated heterocycles. The van der Waals surface area contributed by atoms with Crippen molar-refractivity contribution in [3.8, 4) is 10.8 Å². The van der Waals surface area contributed by atoms with E-state index in [1.54, 1.807) is 17.6 Å². The highest BCUT2D eigenvalue weighted by atomic mass is 32.1.